The van der Waals surface area contributed by atoms with Gasteiger partial charge in [0.25, 0.3) is 5.91 Å². The van der Waals surface area contributed by atoms with E-state index in [1.54, 1.807) is 0 Å². The predicted octanol–water partition coefficient (Wildman–Crippen LogP) is 2.52. The molecular weight excluding hydrogens is 305 g/mol. The zero-order chi connectivity index (χ0) is 14.1. The van der Waals surface area contributed by atoms with Gasteiger partial charge in [-0.15, -0.1) is 0 Å². The number of hydrogen-bond acceptors (Lipinski definition) is 2. The number of carboxylic acid groups (broad SMARTS) is 1. The average molecular weight is 318 g/mol. The standard InChI is InChI=1S/C12H13BrFNO3/c1-12(2,11(17)18)15(3)10(16)7-4-8(13)6-9(14)5-7/h4-6H,1-3H3,(H,17,18). The lowest BCUT2D eigenvalue weighted by atomic mass is 10.0. The Balaban J connectivity index is 3.11. The topological polar surface area (TPSA) is 57.6 Å². The molecule has 98 valence electrons. The molecule has 0 heterocycles. The minimum Gasteiger partial charge on any atom is -0.480 e. The molecule has 0 fully saturated rings. The van der Waals surface area contributed by atoms with E-state index in [9.17, 15) is 14.0 Å². The van der Waals surface area contributed by atoms with E-state index in [0.717, 1.165) is 11.0 Å². The second-order valence-electron chi connectivity index (χ2n) is 4.39. The number of carbonyl (C=O) groups is 2. The van der Waals surface area contributed by atoms with Crippen LogP contribution in [0.25, 0.3) is 0 Å². The van der Waals surface area contributed by atoms with E-state index in [0.29, 0.717) is 4.47 Å². The van der Waals surface area contributed by atoms with Gasteiger partial charge in [-0.05, 0) is 32.0 Å². The summed E-state index contributed by atoms with van der Waals surface area (Å²) in [5.74, 6) is -2.24. The van der Waals surface area contributed by atoms with Crippen molar-refractivity contribution in [3.05, 3.63) is 34.1 Å². The average Bonchev–Trinajstić information content (AvgIpc) is 2.25. The van der Waals surface area contributed by atoms with E-state index in [2.05, 4.69) is 15.9 Å². The highest BCUT2D eigenvalue weighted by molar-refractivity contribution is 9.10. The fraction of sp³-hybridized carbons (Fsp3) is 0.333. The van der Waals surface area contributed by atoms with Crippen molar-refractivity contribution in [1.29, 1.82) is 0 Å². The molecular formula is C12H13BrFNO3. The number of carbonyl (C=O) groups excluding carboxylic acids is 1. The van der Waals surface area contributed by atoms with E-state index in [1.165, 1.54) is 33.0 Å². The highest BCUT2D eigenvalue weighted by atomic mass is 79.9. The molecule has 1 amide bonds. The van der Waals surface area contributed by atoms with Crippen LogP contribution in [-0.2, 0) is 4.79 Å². The van der Waals surface area contributed by atoms with Gasteiger partial charge in [0.15, 0.2) is 0 Å². The molecule has 6 heteroatoms. The van der Waals surface area contributed by atoms with Gasteiger partial charge in [-0.2, -0.15) is 0 Å². The van der Waals surface area contributed by atoms with Gasteiger partial charge < -0.3 is 10.0 Å². The maximum atomic E-state index is 13.2. The Labute approximate surface area is 113 Å². The van der Waals surface area contributed by atoms with Crippen LogP contribution in [0.5, 0.6) is 0 Å². The van der Waals surface area contributed by atoms with Crippen LogP contribution in [0.15, 0.2) is 22.7 Å². The lowest BCUT2D eigenvalue weighted by Crippen LogP contribution is -2.50. The smallest absolute Gasteiger partial charge is 0.329 e. The highest BCUT2D eigenvalue weighted by Gasteiger charge is 2.35. The lowest BCUT2D eigenvalue weighted by Gasteiger charge is -2.31. The van der Waals surface area contributed by atoms with Crippen LogP contribution in [-0.4, -0.2) is 34.5 Å². The number of carboxylic acids is 1. The first kappa shape index (κ1) is 14.6. The molecule has 0 aromatic heterocycles. The van der Waals surface area contributed by atoms with Gasteiger partial charge >= 0.3 is 5.97 Å². The predicted molar refractivity (Wildman–Crippen MR) is 67.9 cm³/mol. The Morgan fingerprint density at radius 2 is 1.89 bits per heavy atom. The summed E-state index contributed by atoms with van der Waals surface area (Å²) in [4.78, 5) is 24.2. The Kier molecular flexibility index (Phi) is 4.11. The third kappa shape index (κ3) is 2.87. The summed E-state index contributed by atoms with van der Waals surface area (Å²) in [5.41, 5.74) is -1.27. The minimum atomic E-state index is -1.37. The molecule has 1 rings (SSSR count). The Morgan fingerprint density at radius 3 is 2.33 bits per heavy atom. The van der Waals surface area contributed by atoms with E-state index in [1.807, 2.05) is 0 Å². The van der Waals surface area contributed by atoms with E-state index in [4.69, 9.17) is 5.11 Å². The Morgan fingerprint density at radius 1 is 1.33 bits per heavy atom. The largest absolute Gasteiger partial charge is 0.480 e. The van der Waals surface area contributed by atoms with Crippen LogP contribution >= 0.6 is 15.9 Å². The molecule has 1 aromatic rings. The van der Waals surface area contributed by atoms with Crippen molar-refractivity contribution in [2.24, 2.45) is 0 Å². The number of rotatable bonds is 3. The Bertz CT molecular complexity index is 482. The van der Waals surface area contributed by atoms with Crippen LogP contribution < -0.4 is 0 Å². The van der Waals surface area contributed by atoms with Crippen LogP contribution in [0.2, 0.25) is 0 Å². The fourth-order valence-electron chi connectivity index (χ4n) is 1.27. The van der Waals surface area contributed by atoms with Gasteiger partial charge in [0.2, 0.25) is 0 Å². The summed E-state index contributed by atoms with van der Waals surface area (Å²) in [6, 6.07) is 3.74. The van der Waals surface area contributed by atoms with Crippen LogP contribution in [0.4, 0.5) is 4.39 Å². The molecule has 0 atom stereocenters. The van der Waals surface area contributed by atoms with Crippen LogP contribution in [0, 0.1) is 5.82 Å². The molecule has 0 radical (unpaired) electrons. The van der Waals surface area contributed by atoms with Crippen molar-refractivity contribution >= 4 is 27.8 Å². The first-order valence-corrected chi connectivity index (χ1v) is 5.93. The number of aliphatic carboxylic acids is 1. The van der Waals surface area contributed by atoms with Gasteiger partial charge in [-0.3, -0.25) is 4.79 Å². The third-order valence-corrected chi connectivity index (χ3v) is 3.23. The van der Waals surface area contributed by atoms with Crippen molar-refractivity contribution in [3.8, 4) is 0 Å². The van der Waals surface area contributed by atoms with Gasteiger partial charge in [-0.25, -0.2) is 9.18 Å². The fourth-order valence-corrected chi connectivity index (χ4v) is 1.73. The first-order chi connectivity index (χ1) is 8.16. The molecule has 0 spiro atoms. The third-order valence-electron chi connectivity index (χ3n) is 2.78. The molecule has 0 saturated heterocycles. The quantitative estimate of drug-likeness (QED) is 0.932. The number of hydrogen-bond donors (Lipinski definition) is 1. The van der Waals surface area contributed by atoms with Crippen molar-refractivity contribution in [3.63, 3.8) is 0 Å². The van der Waals surface area contributed by atoms with E-state index in [-0.39, 0.29) is 5.56 Å². The van der Waals surface area contributed by atoms with Gasteiger partial charge in [-0.1, -0.05) is 15.9 Å². The summed E-state index contributed by atoms with van der Waals surface area (Å²) < 4.78 is 13.6. The van der Waals surface area contributed by atoms with Crippen molar-refractivity contribution in [1.82, 2.24) is 4.90 Å². The van der Waals surface area contributed by atoms with Crippen molar-refractivity contribution in [2.45, 2.75) is 19.4 Å². The molecule has 1 N–H and O–H groups in total. The van der Waals surface area contributed by atoms with Gasteiger partial charge in [0.05, 0.1) is 0 Å². The SMILES string of the molecule is CN(C(=O)c1cc(F)cc(Br)c1)C(C)(C)C(=O)O. The lowest BCUT2D eigenvalue weighted by molar-refractivity contribution is -0.147. The molecule has 0 bridgehead atoms. The molecule has 0 aliphatic heterocycles. The Hall–Kier alpha value is -1.43. The summed E-state index contributed by atoms with van der Waals surface area (Å²) in [7, 11) is 1.37. The minimum absolute atomic E-state index is 0.0960. The number of amides is 1. The molecule has 0 unspecified atom stereocenters. The first-order valence-electron chi connectivity index (χ1n) is 5.14. The molecule has 18 heavy (non-hydrogen) atoms. The number of halogens is 2. The highest BCUT2D eigenvalue weighted by Crippen LogP contribution is 2.20. The molecule has 0 saturated carbocycles. The van der Waals surface area contributed by atoms with Gasteiger partial charge in [0.1, 0.15) is 11.4 Å². The summed E-state index contributed by atoms with van der Waals surface area (Å²) in [6.45, 7) is 2.81. The second kappa shape index (κ2) is 5.06. The maximum absolute atomic E-state index is 13.2. The van der Waals surface area contributed by atoms with Crippen LogP contribution in [0.1, 0.15) is 24.2 Å². The maximum Gasteiger partial charge on any atom is 0.329 e. The van der Waals surface area contributed by atoms with Crippen LogP contribution in [0.3, 0.4) is 0 Å². The number of likely N-dealkylation sites (N-methyl/N-ethyl adjacent to an activating group) is 1. The summed E-state index contributed by atoms with van der Waals surface area (Å²) >= 11 is 3.08. The number of nitrogens with zero attached hydrogens (tertiary/aromatic N) is 1. The number of benzene rings is 1. The normalized spacial score (nSPS) is 11.2. The van der Waals surface area contributed by atoms with Crippen molar-refractivity contribution in [2.75, 3.05) is 7.05 Å². The molecule has 4 nitrogen and oxygen atoms in total. The molecule has 0 aliphatic rings. The zero-order valence-electron chi connectivity index (χ0n) is 10.2. The monoisotopic (exact) mass is 317 g/mol. The summed E-state index contributed by atoms with van der Waals surface area (Å²) in [6.07, 6.45) is 0. The summed E-state index contributed by atoms with van der Waals surface area (Å²) in [5, 5.41) is 9.04. The van der Waals surface area contributed by atoms with Crippen molar-refractivity contribution < 1.29 is 19.1 Å². The van der Waals surface area contributed by atoms with E-state index < -0.39 is 23.2 Å². The zero-order valence-corrected chi connectivity index (χ0v) is 11.8. The molecule has 0 aliphatic carbocycles. The second-order valence-corrected chi connectivity index (χ2v) is 5.30. The van der Waals surface area contributed by atoms with Gasteiger partial charge in [0, 0.05) is 17.1 Å². The van der Waals surface area contributed by atoms with E-state index >= 15 is 0 Å². The molecule has 1 aromatic carbocycles.